The molecule has 1 fully saturated rings. The van der Waals surface area contributed by atoms with Crippen molar-refractivity contribution in [2.45, 2.75) is 64.3 Å². The number of ether oxygens (including phenoxy) is 2. The van der Waals surface area contributed by atoms with Crippen molar-refractivity contribution in [1.82, 2.24) is 14.5 Å². The zero-order valence-corrected chi connectivity index (χ0v) is 21.4. The summed E-state index contributed by atoms with van der Waals surface area (Å²) in [6.45, 7) is 5.25. The Morgan fingerprint density at radius 3 is 2.65 bits per heavy atom. The van der Waals surface area contributed by atoms with E-state index in [0.717, 1.165) is 0 Å². The number of hydrogen-bond donors (Lipinski definition) is 1. The van der Waals surface area contributed by atoms with Crippen LogP contribution in [0.1, 0.15) is 40.0 Å². The van der Waals surface area contributed by atoms with Crippen LogP contribution in [0.3, 0.4) is 0 Å². The SMILES string of the molecule is CC(C)(C)OC(=O)N1CCC[C@H](OC(N)=O)[C@H]1CC(=O)Cn1cnc2cc(Br)c(Cl)cc2c1=O. The molecule has 0 bridgehead atoms. The molecule has 3 rings (SSSR count). The second kappa shape index (κ2) is 10.3. The van der Waals surface area contributed by atoms with Crippen LogP contribution in [0, 0.1) is 0 Å². The minimum Gasteiger partial charge on any atom is -0.444 e. The number of aromatic nitrogens is 2. The van der Waals surface area contributed by atoms with Crippen molar-refractivity contribution < 1.29 is 23.9 Å². The first-order chi connectivity index (χ1) is 15.9. The smallest absolute Gasteiger partial charge is 0.410 e. The van der Waals surface area contributed by atoms with Gasteiger partial charge in [-0.15, -0.1) is 0 Å². The number of nitrogens with zero attached hydrogens (tertiary/aromatic N) is 3. The average Bonchev–Trinajstić information content (AvgIpc) is 2.71. The highest BCUT2D eigenvalue weighted by Crippen LogP contribution is 2.27. The fourth-order valence-electron chi connectivity index (χ4n) is 3.85. The van der Waals surface area contributed by atoms with Crippen LogP contribution in [0.15, 0.2) is 27.7 Å². The monoisotopic (exact) mass is 556 g/mol. The number of amides is 2. The quantitative estimate of drug-likeness (QED) is 0.593. The summed E-state index contributed by atoms with van der Waals surface area (Å²) in [4.78, 5) is 55.7. The van der Waals surface area contributed by atoms with Crippen molar-refractivity contribution in [2.75, 3.05) is 6.54 Å². The van der Waals surface area contributed by atoms with E-state index in [9.17, 15) is 19.2 Å². The van der Waals surface area contributed by atoms with Gasteiger partial charge >= 0.3 is 12.2 Å². The Labute approximate surface area is 209 Å². The van der Waals surface area contributed by atoms with Gasteiger partial charge in [-0.25, -0.2) is 14.6 Å². The number of carbonyl (C=O) groups excluding carboxylic acids is 3. The summed E-state index contributed by atoms with van der Waals surface area (Å²) in [5, 5.41) is 0.614. The van der Waals surface area contributed by atoms with E-state index >= 15 is 0 Å². The third-order valence-electron chi connectivity index (χ3n) is 5.26. The highest BCUT2D eigenvalue weighted by molar-refractivity contribution is 9.10. The minimum atomic E-state index is -0.994. The number of likely N-dealkylation sites (tertiary alicyclic amines) is 1. The Morgan fingerprint density at radius 2 is 2.00 bits per heavy atom. The molecule has 0 unspecified atom stereocenters. The van der Waals surface area contributed by atoms with Crippen LogP contribution in [-0.4, -0.2) is 56.7 Å². The third kappa shape index (κ3) is 6.26. The number of halogens is 2. The van der Waals surface area contributed by atoms with Gasteiger partial charge in [0.05, 0.1) is 34.8 Å². The van der Waals surface area contributed by atoms with Crippen molar-refractivity contribution in [3.63, 3.8) is 0 Å². The summed E-state index contributed by atoms with van der Waals surface area (Å²) in [6.07, 6.45) is -0.281. The highest BCUT2D eigenvalue weighted by atomic mass is 79.9. The molecule has 10 nitrogen and oxygen atoms in total. The highest BCUT2D eigenvalue weighted by Gasteiger charge is 2.39. The standard InChI is InChI=1S/C22H26BrClN4O6/c1-22(2,3)34-21(32)28-6-4-5-18(33-20(25)31)17(28)7-12(29)10-27-11-26-16-9-14(23)15(24)8-13(16)19(27)30/h8-9,11,17-18H,4-7,10H2,1-3H3,(H2,25,31)/t17-,18+/m1/s1. The van der Waals surface area contributed by atoms with Crippen LogP contribution < -0.4 is 11.3 Å². The fourth-order valence-corrected chi connectivity index (χ4v) is 4.35. The average molecular weight is 558 g/mol. The Hall–Kier alpha value is -2.66. The van der Waals surface area contributed by atoms with Crippen LogP contribution >= 0.6 is 27.5 Å². The van der Waals surface area contributed by atoms with Crippen LogP contribution in [0.25, 0.3) is 10.9 Å². The predicted octanol–water partition coefficient (Wildman–Crippen LogP) is 3.64. The first-order valence-electron chi connectivity index (χ1n) is 10.7. The molecule has 2 heterocycles. The molecule has 0 radical (unpaired) electrons. The normalized spacial score (nSPS) is 18.6. The molecule has 0 spiro atoms. The Kier molecular flexibility index (Phi) is 7.87. The zero-order valence-electron chi connectivity index (χ0n) is 19.0. The second-order valence-corrected chi connectivity index (χ2v) is 10.3. The number of ketones is 1. The number of carbonyl (C=O) groups is 3. The molecular weight excluding hydrogens is 532 g/mol. The summed E-state index contributed by atoms with van der Waals surface area (Å²) >= 11 is 9.40. The Balaban J connectivity index is 1.84. The second-order valence-electron chi connectivity index (χ2n) is 9.06. The molecule has 1 aliphatic rings. The molecule has 1 saturated heterocycles. The van der Waals surface area contributed by atoms with Gasteiger partial charge in [0.25, 0.3) is 5.56 Å². The number of benzene rings is 1. The summed E-state index contributed by atoms with van der Waals surface area (Å²) in [5.41, 5.74) is 4.47. The summed E-state index contributed by atoms with van der Waals surface area (Å²) in [5.74, 6) is -0.356. The van der Waals surface area contributed by atoms with Crippen LogP contribution in [0.5, 0.6) is 0 Å². The zero-order chi connectivity index (χ0) is 25.2. The Bertz CT molecular complexity index is 1180. The van der Waals surface area contributed by atoms with Crippen LogP contribution in [0.4, 0.5) is 9.59 Å². The maximum absolute atomic E-state index is 13.0. The topological polar surface area (TPSA) is 134 Å². The lowest BCUT2D eigenvalue weighted by atomic mass is 9.94. The molecule has 0 aliphatic carbocycles. The molecule has 2 amide bonds. The first-order valence-corrected chi connectivity index (χ1v) is 11.8. The van der Waals surface area contributed by atoms with Gasteiger partial charge in [-0.05, 0) is 61.7 Å². The lowest BCUT2D eigenvalue weighted by molar-refractivity contribution is -0.122. The molecule has 2 aromatic rings. The number of rotatable bonds is 5. The van der Waals surface area contributed by atoms with Crippen molar-refractivity contribution in [1.29, 1.82) is 0 Å². The van der Waals surface area contributed by atoms with E-state index < -0.39 is 35.5 Å². The van der Waals surface area contributed by atoms with E-state index in [4.69, 9.17) is 26.8 Å². The van der Waals surface area contributed by atoms with Crippen molar-refractivity contribution >= 4 is 56.4 Å². The molecule has 1 aromatic heterocycles. The molecule has 12 heteroatoms. The van der Waals surface area contributed by atoms with Gasteiger partial charge in [0.1, 0.15) is 11.7 Å². The van der Waals surface area contributed by atoms with E-state index in [-0.39, 0.29) is 24.1 Å². The number of piperidine rings is 1. The maximum Gasteiger partial charge on any atom is 0.410 e. The van der Waals surface area contributed by atoms with Crippen LogP contribution in [0.2, 0.25) is 5.02 Å². The largest absolute Gasteiger partial charge is 0.444 e. The number of fused-ring (bicyclic) bond motifs is 1. The number of nitrogens with two attached hydrogens (primary N) is 1. The van der Waals surface area contributed by atoms with E-state index in [1.807, 2.05) is 0 Å². The number of primary amides is 1. The molecule has 2 atom stereocenters. The third-order valence-corrected chi connectivity index (χ3v) is 6.46. The van der Waals surface area contributed by atoms with E-state index in [1.165, 1.54) is 21.9 Å². The molecule has 1 aromatic carbocycles. The van der Waals surface area contributed by atoms with Gasteiger partial charge in [-0.2, -0.15) is 0 Å². The molecule has 2 N–H and O–H groups in total. The summed E-state index contributed by atoms with van der Waals surface area (Å²) in [7, 11) is 0. The van der Waals surface area contributed by atoms with E-state index in [1.54, 1.807) is 26.8 Å². The van der Waals surface area contributed by atoms with Crippen LogP contribution in [-0.2, 0) is 20.8 Å². The summed E-state index contributed by atoms with van der Waals surface area (Å²) in [6, 6.07) is 2.33. The molecule has 1 aliphatic heterocycles. The minimum absolute atomic E-state index is 0.164. The van der Waals surface area contributed by atoms with Gasteiger partial charge < -0.3 is 20.1 Å². The molecule has 34 heavy (non-hydrogen) atoms. The van der Waals surface area contributed by atoms with Crippen molar-refractivity contribution in [3.05, 3.63) is 38.3 Å². The molecule has 0 saturated carbocycles. The van der Waals surface area contributed by atoms with Gasteiger partial charge in [-0.3, -0.25) is 14.2 Å². The van der Waals surface area contributed by atoms with Crippen molar-refractivity contribution in [2.24, 2.45) is 5.73 Å². The molecular formula is C22H26BrClN4O6. The van der Waals surface area contributed by atoms with Gasteiger partial charge in [0.2, 0.25) is 0 Å². The first kappa shape index (κ1) is 26.0. The maximum atomic E-state index is 13.0. The van der Waals surface area contributed by atoms with Gasteiger partial charge in [-0.1, -0.05) is 11.6 Å². The predicted molar refractivity (Wildman–Crippen MR) is 129 cm³/mol. The fraction of sp³-hybridized carbons (Fsp3) is 0.500. The van der Waals surface area contributed by atoms with Gasteiger partial charge in [0.15, 0.2) is 5.78 Å². The molecule has 184 valence electrons. The lowest BCUT2D eigenvalue weighted by Crippen LogP contribution is -2.54. The lowest BCUT2D eigenvalue weighted by Gasteiger charge is -2.40. The van der Waals surface area contributed by atoms with E-state index in [0.29, 0.717) is 34.4 Å². The number of Topliss-reactive ketones (excluding diaryl/α,β-unsaturated/α-hetero) is 1. The number of hydrogen-bond acceptors (Lipinski definition) is 7. The van der Waals surface area contributed by atoms with Crippen molar-refractivity contribution in [3.8, 4) is 0 Å². The Morgan fingerprint density at radius 1 is 1.29 bits per heavy atom. The van der Waals surface area contributed by atoms with Gasteiger partial charge in [0, 0.05) is 17.4 Å². The van der Waals surface area contributed by atoms with E-state index in [2.05, 4.69) is 20.9 Å². The summed E-state index contributed by atoms with van der Waals surface area (Å²) < 4.78 is 12.5.